The van der Waals surface area contributed by atoms with E-state index < -0.39 is 17.8 Å². The normalized spacial score (nSPS) is 17.0. The molecule has 1 aliphatic rings. The van der Waals surface area contributed by atoms with Crippen LogP contribution in [-0.4, -0.2) is 36.9 Å². The number of nitrogens with zero attached hydrogens (tertiary/aromatic N) is 1. The molecule has 1 heterocycles. The lowest BCUT2D eigenvalue weighted by atomic mass is 9.89. The van der Waals surface area contributed by atoms with Gasteiger partial charge in [-0.15, -0.1) is 0 Å². The molecule has 29 heavy (non-hydrogen) atoms. The maximum Gasteiger partial charge on any atom is 0.416 e. The third kappa shape index (κ3) is 4.88. The number of benzene rings is 2. The smallest absolute Gasteiger partial charge is 0.416 e. The Morgan fingerprint density at radius 2 is 1.79 bits per heavy atom. The number of Topliss-reactive ketones (excluding diaryl/α,β-unsaturated/α-hetero) is 1. The van der Waals surface area contributed by atoms with Gasteiger partial charge in [-0.1, -0.05) is 12.1 Å². The number of carbonyl (C=O) groups is 2. The van der Waals surface area contributed by atoms with Crippen LogP contribution in [0.1, 0.15) is 28.8 Å². The number of rotatable bonds is 4. The summed E-state index contributed by atoms with van der Waals surface area (Å²) in [7, 11) is 1.50. The van der Waals surface area contributed by atoms with Crippen molar-refractivity contribution in [1.29, 1.82) is 0 Å². The number of amides is 2. The molecular formula is C21H21F3N2O3. The van der Waals surface area contributed by atoms with Crippen molar-refractivity contribution in [2.24, 2.45) is 5.92 Å². The van der Waals surface area contributed by atoms with Gasteiger partial charge in [0.15, 0.2) is 5.78 Å². The second kappa shape index (κ2) is 8.55. The van der Waals surface area contributed by atoms with Crippen LogP contribution in [0.2, 0.25) is 0 Å². The highest BCUT2D eigenvalue weighted by molar-refractivity contribution is 6.01. The van der Waals surface area contributed by atoms with Crippen molar-refractivity contribution in [3.63, 3.8) is 0 Å². The fraction of sp³-hybridized carbons (Fsp3) is 0.333. The molecule has 0 unspecified atom stereocenters. The molecule has 1 saturated heterocycles. The topological polar surface area (TPSA) is 58.6 Å². The van der Waals surface area contributed by atoms with Gasteiger partial charge in [-0.05, 0) is 49.2 Å². The minimum Gasteiger partial charge on any atom is -0.496 e. The minimum absolute atomic E-state index is 0.0884. The Hall–Kier alpha value is -3.03. The van der Waals surface area contributed by atoms with Crippen molar-refractivity contribution < 1.29 is 27.5 Å². The Morgan fingerprint density at radius 3 is 2.45 bits per heavy atom. The van der Waals surface area contributed by atoms with Crippen LogP contribution >= 0.6 is 0 Å². The van der Waals surface area contributed by atoms with E-state index in [9.17, 15) is 22.8 Å². The molecule has 5 nitrogen and oxygen atoms in total. The van der Waals surface area contributed by atoms with Gasteiger partial charge < -0.3 is 15.0 Å². The van der Waals surface area contributed by atoms with E-state index in [0.717, 1.165) is 12.1 Å². The van der Waals surface area contributed by atoms with Crippen molar-refractivity contribution in [3.05, 3.63) is 59.7 Å². The van der Waals surface area contributed by atoms with Crippen molar-refractivity contribution in [1.82, 2.24) is 4.90 Å². The van der Waals surface area contributed by atoms with Crippen LogP contribution in [0.5, 0.6) is 5.75 Å². The Bertz CT molecular complexity index is 881. The molecule has 2 amide bonds. The Kier molecular flexibility index (Phi) is 6.10. The number of halogens is 3. The zero-order valence-electron chi connectivity index (χ0n) is 15.8. The molecule has 1 fully saturated rings. The molecule has 154 valence electrons. The van der Waals surface area contributed by atoms with Gasteiger partial charge >= 0.3 is 12.2 Å². The average molecular weight is 406 g/mol. The van der Waals surface area contributed by atoms with Crippen LogP contribution < -0.4 is 10.1 Å². The van der Waals surface area contributed by atoms with Gasteiger partial charge in [0.1, 0.15) is 5.75 Å². The molecule has 0 radical (unpaired) electrons. The predicted octanol–water partition coefficient (Wildman–Crippen LogP) is 4.84. The predicted molar refractivity (Wildman–Crippen MR) is 102 cm³/mol. The van der Waals surface area contributed by atoms with Crippen LogP contribution in [0.3, 0.4) is 0 Å². The number of hydrogen-bond donors (Lipinski definition) is 1. The summed E-state index contributed by atoms with van der Waals surface area (Å²) in [6.07, 6.45) is -3.12. The average Bonchev–Trinajstić information content (AvgIpc) is 2.73. The van der Waals surface area contributed by atoms with Gasteiger partial charge in [-0.2, -0.15) is 13.2 Å². The van der Waals surface area contributed by atoms with Gasteiger partial charge in [0.05, 0.1) is 18.2 Å². The third-order valence-electron chi connectivity index (χ3n) is 4.92. The van der Waals surface area contributed by atoms with Crippen LogP contribution in [0, 0.1) is 5.92 Å². The lowest BCUT2D eigenvalue weighted by molar-refractivity contribution is -0.137. The molecule has 1 N–H and O–H groups in total. The summed E-state index contributed by atoms with van der Waals surface area (Å²) in [5.41, 5.74) is -0.0397. The largest absolute Gasteiger partial charge is 0.496 e. The highest BCUT2D eigenvalue weighted by Gasteiger charge is 2.31. The first kappa shape index (κ1) is 20.7. The summed E-state index contributed by atoms with van der Waals surface area (Å²) in [6.45, 7) is 0.714. The molecule has 0 aliphatic carbocycles. The van der Waals surface area contributed by atoms with Crippen molar-refractivity contribution >= 4 is 17.5 Å². The minimum atomic E-state index is -4.43. The first-order valence-corrected chi connectivity index (χ1v) is 9.20. The van der Waals surface area contributed by atoms with Gasteiger partial charge in [0.25, 0.3) is 0 Å². The lowest BCUT2D eigenvalue weighted by Gasteiger charge is -2.32. The number of ketones is 1. The number of hydrogen-bond acceptors (Lipinski definition) is 3. The van der Waals surface area contributed by atoms with E-state index in [1.807, 2.05) is 0 Å². The van der Waals surface area contributed by atoms with E-state index in [1.54, 1.807) is 24.3 Å². The maximum absolute atomic E-state index is 12.9. The van der Waals surface area contributed by atoms with Crippen molar-refractivity contribution in [3.8, 4) is 5.75 Å². The summed E-state index contributed by atoms with van der Waals surface area (Å²) < 4.78 is 43.2. The summed E-state index contributed by atoms with van der Waals surface area (Å²) >= 11 is 0. The van der Waals surface area contributed by atoms with E-state index >= 15 is 0 Å². The number of piperidine rings is 1. The Morgan fingerprint density at radius 1 is 1.10 bits per heavy atom. The van der Waals surface area contributed by atoms with Crippen LogP contribution in [0.4, 0.5) is 23.7 Å². The van der Waals surface area contributed by atoms with Gasteiger partial charge in [-0.25, -0.2) is 4.79 Å². The number of methoxy groups -OCH3 is 1. The number of para-hydroxylation sites is 1. The van der Waals surface area contributed by atoms with Gasteiger partial charge in [-0.3, -0.25) is 4.79 Å². The molecule has 8 heteroatoms. The number of urea groups is 1. The fourth-order valence-corrected chi connectivity index (χ4v) is 3.39. The number of anilines is 1. The molecule has 0 bridgehead atoms. The zero-order valence-corrected chi connectivity index (χ0v) is 15.8. The summed E-state index contributed by atoms with van der Waals surface area (Å²) in [6, 6.07) is 10.8. The number of nitrogens with one attached hydrogen (secondary N) is 1. The molecule has 2 aromatic rings. The highest BCUT2D eigenvalue weighted by atomic mass is 19.4. The lowest BCUT2D eigenvalue weighted by Crippen LogP contribution is -2.44. The second-order valence-corrected chi connectivity index (χ2v) is 6.85. The molecule has 3 rings (SSSR count). The van der Waals surface area contributed by atoms with Gasteiger partial charge in [0, 0.05) is 24.7 Å². The molecule has 1 aliphatic heterocycles. The number of likely N-dealkylation sites (tertiary alicyclic amines) is 1. The van der Waals surface area contributed by atoms with Crippen molar-refractivity contribution in [2.75, 3.05) is 25.5 Å². The zero-order chi connectivity index (χ0) is 21.0. The highest BCUT2D eigenvalue weighted by Crippen LogP contribution is 2.30. The quantitative estimate of drug-likeness (QED) is 0.739. The van der Waals surface area contributed by atoms with E-state index in [-0.39, 0.29) is 23.9 Å². The summed E-state index contributed by atoms with van der Waals surface area (Å²) in [5, 5.41) is 2.60. The number of ether oxygens (including phenoxy) is 1. The fourth-order valence-electron chi connectivity index (χ4n) is 3.39. The monoisotopic (exact) mass is 406 g/mol. The molecule has 2 aromatic carbocycles. The van der Waals surface area contributed by atoms with Crippen LogP contribution in [0.15, 0.2) is 48.5 Å². The van der Waals surface area contributed by atoms with Crippen molar-refractivity contribution in [2.45, 2.75) is 19.0 Å². The molecule has 1 atom stereocenters. The second-order valence-electron chi connectivity index (χ2n) is 6.85. The maximum atomic E-state index is 12.9. The van der Waals surface area contributed by atoms with Gasteiger partial charge in [0.2, 0.25) is 0 Å². The number of alkyl halides is 3. The Labute approximate surface area is 166 Å². The molecule has 0 spiro atoms. The number of carbonyl (C=O) groups excluding carboxylic acids is 2. The van der Waals surface area contributed by atoms with E-state index in [0.29, 0.717) is 30.7 Å². The van der Waals surface area contributed by atoms with E-state index in [2.05, 4.69) is 5.32 Å². The van der Waals surface area contributed by atoms with Crippen LogP contribution in [-0.2, 0) is 6.18 Å². The molecule has 0 aromatic heterocycles. The Balaban J connectivity index is 1.65. The first-order chi connectivity index (χ1) is 13.8. The first-order valence-electron chi connectivity index (χ1n) is 9.20. The summed E-state index contributed by atoms with van der Waals surface area (Å²) in [4.78, 5) is 26.9. The molecular weight excluding hydrogens is 385 g/mol. The molecule has 0 saturated carbocycles. The van der Waals surface area contributed by atoms with E-state index in [1.165, 1.54) is 24.1 Å². The van der Waals surface area contributed by atoms with E-state index in [4.69, 9.17) is 4.74 Å². The standard InChI is InChI=1S/C21H21F3N2O3/c1-29-18-7-3-2-6-17(18)19(27)14-5-4-12-26(13-14)20(28)25-16-10-8-15(9-11-16)21(22,23)24/h2-3,6-11,14H,4-5,12-13H2,1H3,(H,25,28)/t14-/m1/s1. The SMILES string of the molecule is COc1ccccc1C(=O)[C@@H]1CCCN(C(=O)Nc2ccc(C(F)(F)F)cc2)C1. The summed E-state index contributed by atoms with van der Waals surface area (Å²) in [5.74, 6) is 0.0386. The van der Waals surface area contributed by atoms with Crippen LogP contribution in [0.25, 0.3) is 0 Å². The third-order valence-corrected chi connectivity index (χ3v) is 4.92.